The van der Waals surface area contributed by atoms with Gasteiger partial charge in [0.15, 0.2) is 11.8 Å². The van der Waals surface area contributed by atoms with Crippen LogP contribution in [0.25, 0.3) is 0 Å². The highest BCUT2D eigenvalue weighted by Crippen LogP contribution is 2.14. The lowest BCUT2D eigenvalue weighted by Gasteiger charge is -2.24. The van der Waals surface area contributed by atoms with Crippen molar-refractivity contribution in [3.05, 3.63) is 41.5 Å². The first-order valence-corrected chi connectivity index (χ1v) is 11.6. The zero-order valence-electron chi connectivity index (χ0n) is 18.4. The zero-order valence-corrected chi connectivity index (χ0v) is 19.2. The molecule has 2 N–H and O–H groups in total. The summed E-state index contributed by atoms with van der Waals surface area (Å²) in [7, 11) is 1.97. The van der Waals surface area contributed by atoms with Crippen LogP contribution in [0.5, 0.6) is 0 Å². The molecule has 7 nitrogen and oxygen atoms in total. The Bertz CT molecular complexity index is 772. The maximum absolute atomic E-state index is 4.72. The molecule has 0 aliphatic heterocycles. The molecule has 0 saturated heterocycles. The van der Waals surface area contributed by atoms with Crippen LogP contribution in [0.15, 0.2) is 29.3 Å². The van der Waals surface area contributed by atoms with Crippen LogP contribution < -0.4 is 15.5 Å². The summed E-state index contributed by atoms with van der Waals surface area (Å²) in [5, 5.41) is 15.2. The average Bonchev–Trinajstić information content (AvgIpc) is 3.04. The number of rotatable bonds is 11. The fraction of sp³-hybridized carbons (Fsp3) is 0.571. The largest absolute Gasteiger partial charge is 0.370 e. The normalized spacial score (nSPS) is 11.6. The van der Waals surface area contributed by atoms with Crippen LogP contribution in [0.2, 0.25) is 0 Å². The van der Waals surface area contributed by atoms with Crippen LogP contribution in [-0.2, 0) is 13.6 Å². The average molecular weight is 418 g/mol. The van der Waals surface area contributed by atoms with E-state index in [1.807, 2.05) is 30.3 Å². The van der Waals surface area contributed by atoms with Gasteiger partial charge in [-0.25, -0.2) is 4.99 Å². The second-order valence-electron chi connectivity index (χ2n) is 7.01. The number of benzene rings is 1. The third-order valence-corrected chi connectivity index (χ3v) is 5.50. The number of anilines is 1. The molecule has 2 rings (SSSR count). The van der Waals surface area contributed by atoms with Gasteiger partial charge in [0.2, 0.25) is 0 Å². The van der Waals surface area contributed by atoms with E-state index in [1.165, 1.54) is 11.3 Å². The van der Waals surface area contributed by atoms with E-state index in [1.54, 1.807) is 0 Å². The number of nitrogens with one attached hydrogen (secondary N) is 2. The van der Waals surface area contributed by atoms with E-state index in [-0.39, 0.29) is 0 Å². The van der Waals surface area contributed by atoms with Crippen LogP contribution in [0.1, 0.15) is 30.6 Å². The van der Waals surface area contributed by atoms with E-state index in [9.17, 15) is 0 Å². The molecule has 0 fully saturated rings. The maximum atomic E-state index is 4.72. The predicted molar refractivity (Wildman–Crippen MR) is 125 cm³/mol. The molecular formula is C21H35N7S. The number of aromatic nitrogens is 3. The molecule has 0 aliphatic carbocycles. The molecule has 8 heteroatoms. The Morgan fingerprint density at radius 3 is 2.66 bits per heavy atom. The van der Waals surface area contributed by atoms with Crippen molar-refractivity contribution >= 4 is 23.4 Å². The number of hydrogen-bond acceptors (Lipinski definition) is 5. The second-order valence-corrected chi connectivity index (χ2v) is 7.99. The highest BCUT2D eigenvalue weighted by atomic mass is 32.2. The van der Waals surface area contributed by atoms with E-state index in [4.69, 9.17) is 4.99 Å². The summed E-state index contributed by atoms with van der Waals surface area (Å²) < 4.78 is 1.98. The molecule has 0 unspecified atom stereocenters. The smallest absolute Gasteiger partial charge is 0.191 e. The minimum atomic E-state index is 0.505. The lowest BCUT2D eigenvalue weighted by molar-refractivity contribution is 0.727. The second kappa shape index (κ2) is 12.4. The number of nitrogens with zero attached hydrogens (tertiary/aromatic N) is 5. The summed E-state index contributed by atoms with van der Waals surface area (Å²) in [5.41, 5.74) is 2.54. The highest BCUT2D eigenvalue weighted by molar-refractivity contribution is 7.98. The van der Waals surface area contributed by atoms with Crippen molar-refractivity contribution in [2.24, 2.45) is 12.0 Å². The summed E-state index contributed by atoms with van der Waals surface area (Å²) >= 11 is 1.86. The van der Waals surface area contributed by atoms with Crippen LogP contribution in [-0.4, -0.2) is 58.9 Å². The van der Waals surface area contributed by atoms with Gasteiger partial charge >= 0.3 is 0 Å². The molecule has 29 heavy (non-hydrogen) atoms. The molecule has 1 aromatic heterocycles. The van der Waals surface area contributed by atoms with Crippen LogP contribution >= 0.6 is 11.8 Å². The summed E-state index contributed by atoms with van der Waals surface area (Å²) in [5.74, 6) is 3.73. The molecule has 0 radical (unpaired) electrons. The van der Waals surface area contributed by atoms with Crippen molar-refractivity contribution in [3.8, 4) is 0 Å². The summed E-state index contributed by atoms with van der Waals surface area (Å²) in [4.78, 5) is 7.09. The Hall–Kier alpha value is -2.22. The van der Waals surface area contributed by atoms with E-state index in [0.717, 1.165) is 56.0 Å². The van der Waals surface area contributed by atoms with E-state index in [0.29, 0.717) is 6.54 Å². The van der Waals surface area contributed by atoms with Gasteiger partial charge in [-0.05, 0) is 56.9 Å². The quantitative estimate of drug-likeness (QED) is 0.333. The molecule has 1 aromatic carbocycles. The topological polar surface area (TPSA) is 70.4 Å². The van der Waals surface area contributed by atoms with Gasteiger partial charge in [-0.1, -0.05) is 12.1 Å². The van der Waals surface area contributed by atoms with Crippen molar-refractivity contribution in [2.45, 2.75) is 33.7 Å². The Morgan fingerprint density at radius 2 is 2.00 bits per heavy atom. The molecule has 160 valence electrons. The lowest BCUT2D eigenvalue weighted by Crippen LogP contribution is -2.42. The number of likely N-dealkylation sites (N-methyl/N-ethyl adjacent to an activating group) is 1. The summed E-state index contributed by atoms with van der Waals surface area (Å²) in [6.45, 7) is 10.4. The van der Waals surface area contributed by atoms with Crippen LogP contribution in [0, 0.1) is 13.8 Å². The summed E-state index contributed by atoms with van der Waals surface area (Å²) in [6, 6.07) is 8.65. The number of hydrogen-bond donors (Lipinski definition) is 2. The highest BCUT2D eigenvalue weighted by Gasteiger charge is 2.07. The van der Waals surface area contributed by atoms with Crippen molar-refractivity contribution in [1.82, 2.24) is 25.4 Å². The predicted octanol–water partition coefficient (Wildman–Crippen LogP) is 2.75. The molecule has 0 saturated carbocycles. The molecule has 0 bridgehead atoms. The molecule has 0 atom stereocenters. The maximum Gasteiger partial charge on any atom is 0.191 e. The zero-order chi connectivity index (χ0) is 21.1. The van der Waals surface area contributed by atoms with Crippen molar-refractivity contribution in [1.29, 1.82) is 0 Å². The Morgan fingerprint density at radius 1 is 1.21 bits per heavy atom. The van der Waals surface area contributed by atoms with Crippen molar-refractivity contribution < 1.29 is 0 Å². The minimum Gasteiger partial charge on any atom is -0.370 e. The summed E-state index contributed by atoms with van der Waals surface area (Å²) in [6.07, 6.45) is 3.24. The van der Waals surface area contributed by atoms with Gasteiger partial charge in [0, 0.05) is 38.9 Å². The minimum absolute atomic E-state index is 0.505. The van der Waals surface area contributed by atoms with Gasteiger partial charge in [0.05, 0.1) is 0 Å². The Balaban J connectivity index is 1.94. The van der Waals surface area contributed by atoms with Gasteiger partial charge in [-0.2, -0.15) is 11.8 Å². The molecular weight excluding hydrogens is 382 g/mol. The number of aliphatic imine (C=N–C) groups is 1. The van der Waals surface area contributed by atoms with Gasteiger partial charge in [-0.15, -0.1) is 10.2 Å². The monoisotopic (exact) mass is 417 g/mol. The first-order valence-electron chi connectivity index (χ1n) is 10.2. The van der Waals surface area contributed by atoms with Gasteiger partial charge in [-0.3, -0.25) is 0 Å². The van der Waals surface area contributed by atoms with Crippen LogP contribution in [0.4, 0.5) is 5.69 Å². The van der Waals surface area contributed by atoms with Gasteiger partial charge in [0.1, 0.15) is 12.4 Å². The first-order chi connectivity index (χ1) is 14.0. The molecule has 0 spiro atoms. The van der Waals surface area contributed by atoms with Gasteiger partial charge in [0.25, 0.3) is 0 Å². The number of thioether (sulfide) groups is 1. The third-order valence-electron chi connectivity index (χ3n) is 4.80. The third kappa shape index (κ3) is 7.61. The van der Waals surface area contributed by atoms with Crippen LogP contribution in [0.3, 0.4) is 0 Å². The Labute approximate surface area is 179 Å². The Kier molecular flexibility index (Phi) is 9.83. The fourth-order valence-electron chi connectivity index (χ4n) is 2.94. The molecule has 1 heterocycles. The number of guanidine groups is 1. The number of aryl methyl sites for hydroxylation is 2. The van der Waals surface area contributed by atoms with E-state index < -0.39 is 0 Å². The molecule has 2 aromatic rings. The standard InChI is InChI=1S/C21H35N7S/c1-6-28(19-10-7-9-17(2)15-19)13-12-23-21(22-11-8-14-29-5)24-16-20-26-25-18(3)27(20)4/h7,9-10,15H,6,8,11-14,16H2,1-5H3,(H2,22,23,24). The van der Waals surface area contributed by atoms with Crippen molar-refractivity contribution in [3.63, 3.8) is 0 Å². The van der Waals surface area contributed by atoms with Gasteiger partial charge < -0.3 is 20.1 Å². The SMILES string of the molecule is CCN(CCNC(=NCc1nnc(C)n1C)NCCCSC)c1cccc(C)c1. The fourth-order valence-corrected chi connectivity index (χ4v) is 3.37. The molecule has 0 amide bonds. The van der Waals surface area contributed by atoms with Crippen molar-refractivity contribution in [2.75, 3.05) is 43.1 Å². The first kappa shape index (κ1) is 23.1. The van der Waals surface area contributed by atoms with E-state index >= 15 is 0 Å². The lowest BCUT2D eigenvalue weighted by atomic mass is 10.2. The van der Waals surface area contributed by atoms with E-state index in [2.05, 4.69) is 70.1 Å². The molecule has 0 aliphatic rings.